The van der Waals surface area contributed by atoms with Crippen LogP contribution in [0.15, 0.2) is 41.3 Å². The first kappa shape index (κ1) is 22.9. The van der Waals surface area contributed by atoms with Crippen molar-refractivity contribution in [2.75, 3.05) is 25.5 Å². The molecule has 1 aliphatic rings. The van der Waals surface area contributed by atoms with Crippen molar-refractivity contribution in [1.82, 2.24) is 9.29 Å². The third kappa shape index (κ3) is 4.46. The zero-order valence-corrected chi connectivity index (χ0v) is 20.1. The van der Waals surface area contributed by atoms with Gasteiger partial charge in [0.05, 0.1) is 33.9 Å². The summed E-state index contributed by atoms with van der Waals surface area (Å²) >= 11 is 7.46. The van der Waals surface area contributed by atoms with E-state index in [1.54, 1.807) is 12.1 Å². The monoisotopic (exact) mass is 495 g/mol. The van der Waals surface area contributed by atoms with Gasteiger partial charge in [0.15, 0.2) is 5.13 Å². The number of aromatic nitrogens is 1. The summed E-state index contributed by atoms with van der Waals surface area (Å²) in [5.74, 6) is 0.152. The van der Waals surface area contributed by atoms with Crippen molar-refractivity contribution in [3.63, 3.8) is 0 Å². The molecule has 0 unspecified atom stereocenters. The van der Waals surface area contributed by atoms with E-state index < -0.39 is 15.9 Å². The van der Waals surface area contributed by atoms with E-state index >= 15 is 0 Å². The number of rotatable bonds is 5. The van der Waals surface area contributed by atoms with Gasteiger partial charge in [-0.25, -0.2) is 13.4 Å². The quantitative estimate of drug-likeness (QED) is 0.574. The van der Waals surface area contributed by atoms with Gasteiger partial charge in [0.1, 0.15) is 11.3 Å². The molecule has 0 spiro atoms. The highest BCUT2D eigenvalue weighted by molar-refractivity contribution is 7.89. The number of fused-ring (bicyclic) bond motifs is 1. The van der Waals surface area contributed by atoms with Crippen LogP contribution in [0.3, 0.4) is 0 Å². The molecular weight excluding hydrogens is 474 g/mol. The summed E-state index contributed by atoms with van der Waals surface area (Å²) < 4.78 is 39.0. The van der Waals surface area contributed by atoms with Gasteiger partial charge in [-0.05, 0) is 50.2 Å². The van der Waals surface area contributed by atoms with Crippen LogP contribution in [0, 0.1) is 0 Å². The molecule has 2 atom stereocenters. The molecule has 1 fully saturated rings. The molecular formula is C21H22ClN3O5S2. The molecule has 3 aromatic rings. The fraction of sp³-hybridized carbons (Fsp3) is 0.333. The minimum absolute atomic E-state index is 0.131. The third-order valence-electron chi connectivity index (χ3n) is 5.04. The van der Waals surface area contributed by atoms with Crippen LogP contribution in [-0.4, -0.2) is 56.0 Å². The number of carbonyl (C=O) groups is 1. The van der Waals surface area contributed by atoms with Gasteiger partial charge in [0.25, 0.3) is 5.91 Å². The number of nitrogens with one attached hydrogen (secondary N) is 1. The van der Waals surface area contributed by atoms with E-state index in [0.717, 1.165) is 0 Å². The van der Waals surface area contributed by atoms with Crippen LogP contribution in [0.25, 0.3) is 10.2 Å². The van der Waals surface area contributed by atoms with E-state index in [4.69, 9.17) is 21.1 Å². The molecule has 1 N–H and O–H groups in total. The van der Waals surface area contributed by atoms with Gasteiger partial charge in [-0.15, -0.1) is 0 Å². The fourth-order valence-electron chi connectivity index (χ4n) is 3.59. The van der Waals surface area contributed by atoms with Gasteiger partial charge in [0.2, 0.25) is 10.0 Å². The minimum atomic E-state index is -3.68. The first-order valence-corrected chi connectivity index (χ1v) is 12.5. The van der Waals surface area contributed by atoms with E-state index in [9.17, 15) is 13.2 Å². The number of hydrogen-bond donors (Lipinski definition) is 1. The standard InChI is InChI=1S/C21H22ClN3O5S2/c1-12-10-25(11-13(2)30-12)32(27,28)15-6-4-14(5-7-15)20(26)24-21-23-18-17(29-3)9-8-16(22)19(18)31-21/h4-9,12-13H,10-11H2,1-3H3,(H,23,24,26)/t12-,13-/m1/s1. The number of amides is 1. The first-order valence-electron chi connectivity index (χ1n) is 9.89. The number of halogens is 1. The Bertz CT molecular complexity index is 1250. The van der Waals surface area contributed by atoms with Crippen molar-refractivity contribution in [3.05, 3.63) is 47.0 Å². The largest absolute Gasteiger partial charge is 0.494 e. The molecule has 0 saturated carbocycles. The van der Waals surface area contributed by atoms with Crippen LogP contribution in [0.2, 0.25) is 5.02 Å². The maximum absolute atomic E-state index is 13.0. The molecule has 2 heterocycles. The average Bonchev–Trinajstić information content (AvgIpc) is 3.18. The molecule has 32 heavy (non-hydrogen) atoms. The highest BCUT2D eigenvalue weighted by Gasteiger charge is 2.32. The smallest absolute Gasteiger partial charge is 0.257 e. The molecule has 8 nitrogen and oxygen atoms in total. The number of nitrogens with zero attached hydrogens (tertiary/aromatic N) is 2. The fourth-order valence-corrected chi connectivity index (χ4v) is 6.34. The lowest BCUT2D eigenvalue weighted by atomic mass is 10.2. The Morgan fingerprint density at radius 1 is 1.19 bits per heavy atom. The Morgan fingerprint density at radius 3 is 2.47 bits per heavy atom. The summed E-state index contributed by atoms with van der Waals surface area (Å²) in [6.07, 6.45) is -0.362. The maximum Gasteiger partial charge on any atom is 0.257 e. The number of hydrogen-bond acceptors (Lipinski definition) is 7. The number of anilines is 1. The summed E-state index contributed by atoms with van der Waals surface area (Å²) in [7, 11) is -2.14. The van der Waals surface area contributed by atoms with Crippen LogP contribution < -0.4 is 10.1 Å². The molecule has 1 saturated heterocycles. The molecule has 1 aliphatic heterocycles. The molecule has 1 amide bonds. The first-order chi connectivity index (χ1) is 15.2. The van der Waals surface area contributed by atoms with Gasteiger partial charge in [0, 0.05) is 18.7 Å². The number of carbonyl (C=O) groups excluding carboxylic acids is 1. The zero-order chi connectivity index (χ0) is 23.0. The average molecular weight is 496 g/mol. The van der Waals surface area contributed by atoms with Gasteiger partial charge in [-0.2, -0.15) is 4.31 Å². The third-order valence-corrected chi connectivity index (χ3v) is 8.32. The number of ether oxygens (including phenoxy) is 2. The van der Waals surface area contributed by atoms with Crippen molar-refractivity contribution in [3.8, 4) is 5.75 Å². The molecule has 0 bridgehead atoms. The van der Waals surface area contributed by atoms with E-state index in [1.165, 1.54) is 47.0 Å². The summed E-state index contributed by atoms with van der Waals surface area (Å²) in [4.78, 5) is 17.2. The Hall–Kier alpha value is -2.24. The predicted molar refractivity (Wildman–Crippen MR) is 124 cm³/mol. The second kappa shape index (κ2) is 8.95. The lowest BCUT2D eigenvalue weighted by Gasteiger charge is -2.34. The predicted octanol–water partition coefficient (Wildman–Crippen LogP) is 4.01. The van der Waals surface area contributed by atoms with Crippen molar-refractivity contribution >= 4 is 54.2 Å². The summed E-state index contributed by atoms with van der Waals surface area (Å²) in [5, 5.41) is 3.62. The van der Waals surface area contributed by atoms with Crippen molar-refractivity contribution < 1.29 is 22.7 Å². The normalized spacial score (nSPS) is 19.8. The summed E-state index contributed by atoms with van der Waals surface area (Å²) in [5.41, 5.74) is 0.876. The van der Waals surface area contributed by atoms with Crippen molar-refractivity contribution in [1.29, 1.82) is 0 Å². The van der Waals surface area contributed by atoms with Crippen LogP contribution in [0.5, 0.6) is 5.75 Å². The number of thiazole rings is 1. The number of benzene rings is 2. The van der Waals surface area contributed by atoms with Gasteiger partial charge >= 0.3 is 0 Å². The maximum atomic E-state index is 13.0. The summed E-state index contributed by atoms with van der Waals surface area (Å²) in [6.45, 7) is 4.27. The zero-order valence-electron chi connectivity index (χ0n) is 17.7. The molecule has 0 aliphatic carbocycles. The SMILES string of the molecule is COc1ccc(Cl)c2sc(NC(=O)c3ccc(S(=O)(=O)N4C[C@@H](C)O[C@H](C)C4)cc3)nc12. The Labute approximate surface area is 195 Å². The molecule has 11 heteroatoms. The van der Waals surface area contributed by atoms with E-state index in [2.05, 4.69) is 10.3 Å². The van der Waals surface area contributed by atoms with E-state index in [1.807, 2.05) is 13.8 Å². The Kier molecular flexibility index (Phi) is 6.42. The molecule has 1 aromatic heterocycles. The number of methoxy groups -OCH3 is 1. The number of morpholine rings is 1. The van der Waals surface area contributed by atoms with E-state index in [-0.39, 0.29) is 17.1 Å². The molecule has 4 rings (SSSR count). The van der Waals surface area contributed by atoms with E-state index in [0.29, 0.717) is 44.8 Å². The lowest BCUT2D eigenvalue weighted by molar-refractivity contribution is -0.0440. The van der Waals surface area contributed by atoms with Crippen molar-refractivity contribution in [2.24, 2.45) is 0 Å². The van der Waals surface area contributed by atoms with Crippen LogP contribution in [0.4, 0.5) is 5.13 Å². The molecule has 170 valence electrons. The number of sulfonamides is 1. The van der Waals surface area contributed by atoms with Crippen LogP contribution in [-0.2, 0) is 14.8 Å². The Morgan fingerprint density at radius 2 is 1.84 bits per heavy atom. The highest BCUT2D eigenvalue weighted by Crippen LogP contribution is 2.37. The van der Waals surface area contributed by atoms with Crippen molar-refractivity contribution in [2.45, 2.75) is 31.0 Å². The van der Waals surface area contributed by atoms with Crippen LogP contribution in [0.1, 0.15) is 24.2 Å². The second-order valence-corrected chi connectivity index (χ2v) is 10.8. The van der Waals surface area contributed by atoms with Gasteiger partial charge in [-0.1, -0.05) is 22.9 Å². The van der Waals surface area contributed by atoms with Gasteiger partial charge < -0.3 is 9.47 Å². The van der Waals surface area contributed by atoms with Crippen LogP contribution >= 0.6 is 22.9 Å². The molecule has 0 radical (unpaired) electrons. The topological polar surface area (TPSA) is 97.8 Å². The lowest BCUT2D eigenvalue weighted by Crippen LogP contribution is -2.48. The molecule has 2 aromatic carbocycles. The highest BCUT2D eigenvalue weighted by atomic mass is 35.5. The summed E-state index contributed by atoms with van der Waals surface area (Å²) in [6, 6.07) is 9.26. The van der Waals surface area contributed by atoms with Gasteiger partial charge in [-0.3, -0.25) is 10.1 Å². The minimum Gasteiger partial charge on any atom is -0.494 e. The second-order valence-electron chi connectivity index (χ2n) is 7.50. The Balaban J connectivity index is 1.52.